The zero-order valence-corrected chi connectivity index (χ0v) is 11.9. The molecule has 0 saturated carbocycles. The number of rotatable bonds is 5. The van der Waals surface area contributed by atoms with Gasteiger partial charge in [0.15, 0.2) is 0 Å². The van der Waals surface area contributed by atoms with Gasteiger partial charge in [0.05, 0.1) is 0 Å². The number of hydrogen-bond acceptors (Lipinski definition) is 2. The van der Waals surface area contributed by atoms with Crippen molar-refractivity contribution in [1.29, 1.82) is 0 Å². The van der Waals surface area contributed by atoms with Crippen molar-refractivity contribution < 1.29 is 0 Å². The second kappa shape index (κ2) is 9.15. The molecule has 1 N–H and O–H groups in total. The summed E-state index contributed by atoms with van der Waals surface area (Å²) in [6.07, 6.45) is 5.24. The van der Waals surface area contributed by atoms with Crippen LogP contribution in [0.4, 0.5) is 0 Å². The van der Waals surface area contributed by atoms with E-state index in [2.05, 4.69) is 12.2 Å². The van der Waals surface area contributed by atoms with Crippen LogP contribution in [0.2, 0.25) is 0 Å². The summed E-state index contributed by atoms with van der Waals surface area (Å²) in [5.74, 6) is 0. The second-order valence-electron chi connectivity index (χ2n) is 2.39. The molecule has 0 aliphatic rings. The Morgan fingerprint density at radius 2 is 2.18 bits per heavy atom. The van der Waals surface area contributed by atoms with Crippen LogP contribution in [-0.4, -0.2) is 32.5 Å². The molecule has 66 valence electrons. The third kappa shape index (κ3) is 8.97. The van der Waals surface area contributed by atoms with Crippen molar-refractivity contribution in [2.75, 3.05) is 6.54 Å². The monoisotopic (exact) mass is 299 g/mol. The molecule has 0 heterocycles. The predicted molar refractivity (Wildman–Crippen MR) is 60.9 cm³/mol. The van der Waals surface area contributed by atoms with Crippen LogP contribution in [0.3, 0.4) is 0 Å². The van der Waals surface area contributed by atoms with Gasteiger partial charge in [-0.25, -0.2) is 0 Å². The first-order valence-electron chi connectivity index (χ1n) is 3.95. The summed E-state index contributed by atoms with van der Waals surface area (Å²) in [4.78, 5) is 0. The molecule has 0 aromatic carbocycles. The van der Waals surface area contributed by atoms with Crippen LogP contribution in [0, 0.1) is 0 Å². The van der Waals surface area contributed by atoms with Crippen LogP contribution in [-0.2, 0) is 0 Å². The topological polar surface area (TPSA) is 12.0 Å². The van der Waals surface area contributed by atoms with Crippen LogP contribution >= 0.6 is 21.1 Å². The quantitative estimate of drug-likeness (QED) is 0.472. The van der Waals surface area contributed by atoms with E-state index in [1.807, 2.05) is 0 Å². The molecule has 0 unspecified atom stereocenters. The minimum atomic E-state index is 0.976. The van der Waals surface area contributed by atoms with Gasteiger partial charge in [-0.1, -0.05) is 0 Å². The van der Waals surface area contributed by atoms with Gasteiger partial charge in [0.1, 0.15) is 0 Å². The van der Waals surface area contributed by atoms with Crippen LogP contribution in [0.25, 0.3) is 0 Å². The molecule has 0 saturated heterocycles. The Morgan fingerprint density at radius 1 is 1.45 bits per heavy atom. The van der Waals surface area contributed by atoms with Gasteiger partial charge in [0, 0.05) is 0 Å². The molecule has 0 aromatic rings. The van der Waals surface area contributed by atoms with Crippen molar-refractivity contribution in [3.63, 3.8) is 0 Å². The third-order valence-corrected chi connectivity index (χ3v) is 5.68. The molecule has 0 aromatic heterocycles. The molecule has 0 bridgehead atoms. The van der Waals surface area contributed by atoms with Gasteiger partial charge in [0.2, 0.25) is 0 Å². The SMILES string of the molecule is CCCCCCNC(=S)[S][SbH2]. The Morgan fingerprint density at radius 3 is 2.73 bits per heavy atom. The zero-order chi connectivity index (χ0) is 8.53. The first kappa shape index (κ1) is 12.1. The van der Waals surface area contributed by atoms with Gasteiger partial charge in [-0.15, -0.1) is 0 Å². The zero-order valence-electron chi connectivity index (χ0n) is 6.93. The molecule has 0 aliphatic carbocycles. The normalized spacial score (nSPS) is 9.64. The molecule has 4 heteroatoms. The van der Waals surface area contributed by atoms with Crippen molar-refractivity contribution >= 4 is 47.0 Å². The van der Waals surface area contributed by atoms with Gasteiger partial charge in [-0.3, -0.25) is 0 Å². The van der Waals surface area contributed by atoms with Crippen molar-refractivity contribution in [1.82, 2.24) is 5.32 Å². The molecule has 0 aliphatic heterocycles. The Labute approximate surface area is 91.0 Å². The molecular weight excluding hydrogens is 284 g/mol. The maximum atomic E-state index is 5.02. The minimum absolute atomic E-state index is 0.976. The van der Waals surface area contributed by atoms with Crippen LogP contribution in [0.15, 0.2) is 0 Å². The van der Waals surface area contributed by atoms with Crippen molar-refractivity contribution in [2.24, 2.45) is 0 Å². The molecule has 0 rings (SSSR count). The van der Waals surface area contributed by atoms with Gasteiger partial charge < -0.3 is 0 Å². The fraction of sp³-hybridized carbons (Fsp3) is 0.857. The van der Waals surface area contributed by atoms with Crippen LogP contribution in [0.1, 0.15) is 32.6 Å². The maximum absolute atomic E-state index is 5.02. The molecule has 0 spiro atoms. The van der Waals surface area contributed by atoms with Crippen molar-refractivity contribution in [3.8, 4) is 0 Å². The van der Waals surface area contributed by atoms with E-state index >= 15 is 0 Å². The Balaban J connectivity index is 2.95. The second-order valence-corrected chi connectivity index (χ2v) is 5.72. The Hall–Kier alpha value is 1.06. The van der Waals surface area contributed by atoms with Crippen LogP contribution < -0.4 is 5.32 Å². The summed E-state index contributed by atoms with van der Waals surface area (Å²) in [5.41, 5.74) is 0. The molecule has 0 atom stereocenters. The third-order valence-electron chi connectivity index (χ3n) is 1.41. The summed E-state index contributed by atoms with van der Waals surface area (Å²) in [5, 5.41) is 3.22. The summed E-state index contributed by atoms with van der Waals surface area (Å²) >= 11 is 6.18. The Kier molecular flexibility index (Phi) is 10.0. The molecule has 1 nitrogen and oxygen atoms in total. The first-order chi connectivity index (χ1) is 5.31. The summed E-state index contributed by atoms with van der Waals surface area (Å²) in [6, 6.07) is 0. The van der Waals surface area contributed by atoms with Gasteiger partial charge >= 0.3 is 91.5 Å². The fourth-order valence-corrected chi connectivity index (χ4v) is 1.78. The summed E-state index contributed by atoms with van der Waals surface area (Å²) in [6.45, 7) is 3.29. The van der Waals surface area contributed by atoms with E-state index in [9.17, 15) is 0 Å². The first-order valence-corrected chi connectivity index (χ1v) is 9.28. The molecular formula is C7H16NS2Sb. The molecule has 11 heavy (non-hydrogen) atoms. The average molecular weight is 300 g/mol. The van der Waals surface area contributed by atoms with E-state index in [0.29, 0.717) is 0 Å². The standard InChI is InChI=1S/C7H15NS2.Sb.2H/c1-2-3-4-5-6-8-7(9)10;;;/h2-6H2,1H3,(H2,8,9,10);;;/q;+1;;/p-1. The number of hydrogen-bond donors (Lipinski definition) is 1. The van der Waals surface area contributed by atoms with E-state index in [0.717, 1.165) is 32.5 Å². The van der Waals surface area contributed by atoms with E-state index < -0.39 is 0 Å². The predicted octanol–water partition coefficient (Wildman–Crippen LogP) is 1.72. The van der Waals surface area contributed by atoms with E-state index in [-0.39, 0.29) is 0 Å². The number of nitrogens with one attached hydrogen (secondary N) is 1. The summed E-state index contributed by atoms with van der Waals surface area (Å²) in [7, 11) is 1.74. The summed E-state index contributed by atoms with van der Waals surface area (Å²) < 4.78 is 0.976. The average Bonchev–Trinajstić information content (AvgIpc) is 2.04. The Bertz CT molecular complexity index is 109. The number of thiocarbonyl (C=S) groups is 1. The fourth-order valence-electron chi connectivity index (χ4n) is 0.784. The van der Waals surface area contributed by atoms with Gasteiger partial charge in [-0.05, 0) is 0 Å². The molecule has 0 amide bonds. The molecule has 0 fully saturated rings. The van der Waals surface area contributed by atoms with Crippen LogP contribution in [0.5, 0.6) is 0 Å². The van der Waals surface area contributed by atoms with E-state index in [1.165, 1.54) is 25.7 Å². The van der Waals surface area contributed by atoms with Crippen molar-refractivity contribution in [2.45, 2.75) is 32.6 Å². The van der Waals surface area contributed by atoms with Crippen molar-refractivity contribution in [3.05, 3.63) is 0 Å². The van der Waals surface area contributed by atoms with Gasteiger partial charge in [0.25, 0.3) is 0 Å². The van der Waals surface area contributed by atoms with Gasteiger partial charge in [-0.2, -0.15) is 0 Å². The van der Waals surface area contributed by atoms with E-state index in [4.69, 9.17) is 12.2 Å². The molecule has 0 radical (unpaired) electrons. The number of unbranched alkanes of at least 4 members (excludes halogenated alkanes) is 3. The van der Waals surface area contributed by atoms with E-state index in [1.54, 1.807) is 8.85 Å².